The van der Waals surface area contributed by atoms with Crippen LogP contribution in [0.4, 0.5) is 0 Å². The highest BCUT2D eigenvalue weighted by Gasteiger charge is 2.27. The molecule has 0 aromatic heterocycles. The van der Waals surface area contributed by atoms with Crippen LogP contribution in [0.25, 0.3) is 32.3 Å². The van der Waals surface area contributed by atoms with Gasteiger partial charge < -0.3 is 0 Å². The summed E-state index contributed by atoms with van der Waals surface area (Å²) in [6, 6.07) is 19.7. The lowest BCUT2D eigenvalue weighted by atomic mass is 9.97. The van der Waals surface area contributed by atoms with Crippen molar-refractivity contribution in [1.29, 1.82) is 0 Å². The molecule has 0 aliphatic heterocycles. The number of halogens is 1. The van der Waals surface area contributed by atoms with E-state index in [1.165, 1.54) is 0 Å². The molecule has 1 aliphatic carbocycles. The van der Waals surface area contributed by atoms with Crippen LogP contribution in [0, 0.1) is 0 Å². The lowest BCUT2D eigenvalue weighted by Gasteiger charge is -2.22. The van der Waals surface area contributed by atoms with E-state index in [1.54, 1.807) is 6.07 Å². The smallest absolute Gasteiger partial charge is 0.263 e. The Morgan fingerprint density at radius 2 is 1.34 bits per heavy atom. The molecule has 4 aromatic rings. The van der Waals surface area contributed by atoms with E-state index in [2.05, 4.69) is 18.2 Å². The van der Waals surface area contributed by atoms with Crippen molar-refractivity contribution in [2.75, 3.05) is 0 Å². The highest BCUT2D eigenvalue weighted by molar-refractivity contribution is 7.87. The van der Waals surface area contributed by atoms with Crippen LogP contribution in [0.3, 0.4) is 0 Å². The zero-order valence-electron chi connectivity index (χ0n) is 15.9. The van der Waals surface area contributed by atoms with Crippen LogP contribution >= 0.6 is 11.6 Å². The zero-order valence-corrected chi connectivity index (χ0v) is 17.5. The lowest BCUT2D eigenvalue weighted by molar-refractivity contribution is 0.162. The standard InChI is InChI=1S/C24H21ClO3S/c25-23-15-14-21-20-11-10-16-6-4-5-9-18(16)19(20)12-13-22(21)24(23)29(26,27)28-17-7-2-1-3-8-17/h4-6,9-15,17H,1-3,7-8H2. The van der Waals surface area contributed by atoms with Crippen LogP contribution in [-0.4, -0.2) is 14.5 Å². The van der Waals surface area contributed by atoms with Gasteiger partial charge in [-0.3, -0.25) is 4.18 Å². The number of hydrogen-bond acceptors (Lipinski definition) is 3. The van der Waals surface area contributed by atoms with Crippen molar-refractivity contribution in [2.24, 2.45) is 0 Å². The molecule has 4 aromatic carbocycles. The third-order valence-electron chi connectivity index (χ3n) is 5.89. The van der Waals surface area contributed by atoms with Crippen LogP contribution in [0.15, 0.2) is 65.6 Å². The summed E-state index contributed by atoms with van der Waals surface area (Å²) < 4.78 is 32.0. The average Bonchev–Trinajstić information content (AvgIpc) is 2.73. The normalized spacial score (nSPS) is 16.0. The Morgan fingerprint density at radius 3 is 2.17 bits per heavy atom. The number of fused-ring (bicyclic) bond motifs is 5. The Kier molecular flexibility index (Phi) is 4.73. The first kappa shape index (κ1) is 18.9. The van der Waals surface area contributed by atoms with Gasteiger partial charge in [-0.25, -0.2) is 0 Å². The second-order valence-electron chi connectivity index (χ2n) is 7.73. The monoisotopic (exact) mass is 424 g/mol. The Bertz CT molecular complexity index is 1340. The molecule has 1 saturated carbocycles. The van der Waals surface area contributed by atoms with Crippen molar-refractivity contribution in [3.8, 4) is 0 Å². The average molecular weight is 425 g/mol. The van der Waals surface area contributed by atoms with Gasteiger partial charge in [0.1, 0.15) is 4.90 Å². The molecule has 0 unspecified atom stereocenters. The molecular formula is C24H21ClO3S. The first-order valence-electron chi connectivity index (χ1n) is 10.0. The van der Waals surface area contributed by atoms with Crippen molar-refractivity contribution in [3.05, 3.63) is 65.7 Å². The van der Waals surface area contributed by atoms with Crippen LogP contribution in [0.2, 0.25) is 5.02 Å². The minimum Gasteiger partial charge on any atom is -0.263 e. The summed E-state index contributed by atoms with van der Waals surface area (Å²) in [4.78, 5) is 0.0808. The fourth-order valence-electron chi connectivity index (χ4n) is 4.49. The minimum absolute atomic E-state index is 0.0808. The molecular weight excluding hydrogens is 404 g/mol. The molecule has 0 amide bonds. The zero-order chi connectivity index (χ0) is 20.0. The second-order valence-corrected chi connectivity index (χ2v) is 9.65. The quantitative estimate of drug-likeness (QED) is 0.267. The Balaban J connectivity index is 1.72. The predicted molar refractivity (Wildman–Crippen MR) is 119 cm³/mol. The molecule has 0 saturated heterocycles. The molecule has 3 nitrogen and oxygen atoms in total. The fourth-order valence-corrected chi connectivity index (χ4v) is 6.34. The van der Waals surface area contributed by atoms with E-state index in [0.29, 0.717) is 5.39 Å². The van der Waals surface area contributed by atoms with Crippen molar-refractivity contribution in [3.63, 3.8) is 0 Å². The van der Waals surface area contributed by atoms with E-state index in [4.69, 9.17) is 15.8 Å². The summed E-state index contributed by atoms with van der Waals surface area (Å²) >= 11 is 6.39. The Morgan fingerprint density at radius 1 is 0.724 bits per heavy atom. The summed E-state index contributed by atoms with van der Waals surface area (Å²) in [6.45, 7) is 0. The summed E-state index contributed by atoms with van der Waals surface area (Å²) in [6.07, 6.45) is 4.43. The fraction of sp³-hybridized carbons (Fsp3) is 0.250. The van der Waals surface area contributed by atoms with Crippen molar-refractivity contribution >= 4 is 54.0 Å². The molecule has 29 heavy (non-hydrogen) atoms. The summed E-state index contributed by atoms with van der Waals surface area (Å²) in [5.74, 6) is 0. The van der Waals surface area contributed by atoms with Gasteiger partial charge in [0.15, 0.2) is 0 Å². The third kappa shape index (κ3) is 3.29. The summed E-state index contributed by atoms with van der Waals surface area (Å²) in [5.41, 5.74) is 0. The largest absolute Gasteiger partial charge is 0.299 e. The van der Waals surface area contributed by atoms with Crippen molar-refractivity contribution in [1.82, 2.24) is 0 Å². The highest BCUT2D eigenvalue weighted by Crippen LogP contribution is 2.38. The SMILES string of the molecule is O=S(=O)(OC1CCCCC1)c1c(Cl)ccc2c1ccc1c3ccccc3ccc21. The van der Waals surface area contributed by atoms with Crippen molar-refractivity contribution in [2.45, 2.75) is 43.1 Å². The molecule has 0 bridgehead atoms. The van der Waals surface area contributed by atoms with E-state index in [0.717, 1.165) is 59.0 Å². The maximum atomic E-state index is 13.2. The molecule has 0 N–H and O–H groups in total. The lowest BCUT2D eigenvalue weighted by Crippen LogP contribution is -2.21. The van der Waals surface area contributed by atoms with Gasteiger partial charge in [-0.15, -0.1) is 0 Å². The van der Waals surface area contributed by atoms with Gasteiger partial charge in [0, 0.05) is 5.39 Å². The van der Waals surface area contributed by atoms with Crippen LogP contribution < -0.4 is 0 Å². The first-order valence-corrected chi connectivity index (χ1v) is 11.8. The van der Waals surface area contributed by atoms with Crippen LogP contribution in [0.5, 0.6) is 0 Å². The van der Waals surface area contributed by atoms with Gasteiger partial charge in [0.25, 0.3) is 10.1 Å². The minimum atomic E-state index is -3.96. The molecule has 0 heterocycles. The van der Waals surface area contributed by atoms with Crippen molar-refractivity contribution < 1.29 is 12.6 Å². The maximum Gasteiger partial charge on any atom is 0.299 e. The maximum absolute atomic E-state index is 13.2. The molecule has 148 valence electrons. The number of rotatable bonds is 3. The van der Waals surface area contributed by atoms with Crippen LogP contribution in [-0.2, 0) is 14.3 Å². The van der Waals surface area contributed by atoms with Gasteiger partial charge in [-0.1, -0.05) is 85.5 Å². The molecule has 5 rings (SSSR count). The van der Waals surface area contributed by atoms with Gasteiger partial charge in [0.2, 0.25) is 0 Å². The Labute approximate surface area is 175 Å². The molecule has 0 radical (unpaired) electrons. The van der Waals surface area contributed by atoms with E-state index in [-0.39, 0.29) is 16.0 Å². The number of benzene rings is 4. The third-order valence-corrected chi connectivity index (χ3v) is 7.78. The van der Waals surface area contributed by atoms with Gasteiger partial charge in [-0.2, -0.15) is 8.42 Å². The molecule has 0 atom stereocenters. The topological polar surface area (TPSA) is 43.4 Å². The summed E-state index contributed by atoms with van der Waals surface area (Å²) in [5, 5.41) is 6.07. The first-order chi connectivity index (χ1) is 14.0. The van der Waals surface area contributed by atoms with Gasteiger partial charge in [-0.05, 0) is 45.8 Å². The molecule has 1 fully saturated rings. The molecule has 0 spiro atoms. The Hall–Kier alpha value is -2.14. The molecule has 1 aliphatic rings. The van der Waals surface area contributed by atoms with Crippen LogP contribution in [0.1, 0.15) is 32.1 Å². The van der Waals surface area contributed by atoms with E-state index < -0.39 is 10.1 Å². The number of hydrogen-bond donors (Lipinski definition) is 0. The molecule has 5 heteroatoms. The van der Waals surface area contributed by atoms with Gasteiger partial charge >= 0.3 is 0 Å². The predicted octanol–water partition coefficient (Wildman–Crippen LogP) is 6.84. The van der Waals surface area contributed by atoms with E-state index >= 15 is 0 Å². The second kappa shape index (κ2) is 7.28. The summed E-state index contributed by atoms with van der Waals surface area (Å²) in [7, 11) is -3.96. The van der Waals surface area contributed by atoms with E-state index in [1.807, 2.05) is 36.4 Å². The van der Waals surface area contributed by atoms with Gasteiger partial charge in [0.05, 0.1) is 11.1 Å². The van der Waals surface area contributed by atoms with E-state index in [9.17, 15) is 8.42 Å². The highest BCUT2D eigenvalue weighted by atomic mass is 35.5.